The van der Waals surface area contributed by atoms with E-state index in [1.54, 1.807) is 41.6 Å². The second kappa shape index (κ2) is 9.99. The first-order valence-electron chi connectivity index (χ1n) is 11.4. The van der Waals surface area contributed by atoms with Crippen LogP contribution in [0.5, 0.6) is 5.75 Å². The van der Waals surface area contributed by atoms with Crippen LogP contribution in [0, 0.1) is 13.8 Å². The van der Waals surface area contributed by atoms with Gasteiger partial charge in [-0.05, 0) is 38.5 Å². The van der Waals surface area contributed by atoms with Crippen LogP contribution in [0.3, 0.4) is 0 Å². The Morgan fingerprint density at radius 3 is 2.29 bits per heavy atom. The topological polar surface area (TPSA) is 84.7 Å². The van der Waals surface area contributed by atoms with Gasteiger partial charge in [-0.15, -0.1) is 0 Å². The van der Waals surface area contributed by atoms with E-state index < -0.39 is 10.0 Å². The molecule has 1 aromatic heterocycles. The maximum absolute atomic E-state index is 13.5. The summed E-state index contributed by atoms with van der Waals surface area (Å²) in [5.41, 5.74) is 2.65. The normalized spacial score (nSPS) is 14.9. The summed E-state index contributed by atoms with van der Waals surface area (Å²) in [6.07, 6.45) is 0. The summed E-state index contributed by atoms with van der Waals surface area (Å²) in [4.78, 5) is 15.0. The number of amides is 1. The molecule has 34 heavy (non-hydrogen) atoms. The first-order chi connectivity index (χ1) is 16.3. The van der Waals surface area contributed by atoms with Crippen LogP contribution in [0.25, 0.3) is 0 Å². The molecule has 8 nitrogen and oxygen atoms in total. The zero-order valence-electron chi connectivity index (χ0n) is 19.8. The fraction of sp³-hybridized carbons (Fsp3) is 0.360. The Labute approximate surface area is 200 Å². The summed E-state index contributed by atoms with van der Waals surface area (Å²) in [6, 6.07) is 17.0. The summed E-state index contributed by atoms with van der Waals surface area (Å²) in [5, 5.41) is 4.51. The van der Waals surface area contributed by atoms with Gasteiger partial charge in [-0.2, -0.15) is 9.40 Å². The minimum atomic E-state index is -3.74. The molecule has 9 heteroatoms. The van der Waals surface area contributed by atoms with Gasteiger partial charge in [0.05, 0.1) is 30.1 Å². The highest BCUT2D eigenvalue weighted by Crippen LogP contribution is 2.26. The summed E-state index contributed by atoms with van der Waals surface area (Å²) in [6.45, 7) is 7.45. The van der Waals surface area contributed by atoms with E-state index >= 15 is 0 Å². The van der Waals surface area contributed by atoms with Gasteiger partial charge in [-0.3, -0.25) is 9.48 Å². The van der Waals surface area contributed by atoms with Crippen molar-refractivity contribution in [3.05, 3.63) is 77.1 Å². The minimum absolute atomic E-state index is 0.149. The van der Waals surface area contributed by atoms with E-state index in [1.807, 2.05) is 43.3 Å². The number of carbonyl (C=O) groups excluding carboxylic acids is 1. The lowest BCUT2D eigenvalue weighted by Gasteiger charge is -2.34. The van der Waals surface area contributed by atoms with Crippen molar-refractivity contribution in [2.45, 2.75) is 32.2 Å². The molecule has 1 saturated heterocycles. The quantitative estimate of drug-likeness (QED) is 0.517. The molecule has 0 aliphatic carbocycles. The first kappa shape index (κ1) is 24.0. The molecule has 0 saturated carbocycles. The standard InChI is InChI=1S/C25H30N4O4S/c1-4-33-23-13-9-8-12-22(23)25(30)27-14-16-28(17-15-27)34(31,32)24-19(2)26-29(20(24)3)18-21-10-6-5-7-11-21/h5-13H,4,14-18H2,1-3H3. The number of para-hydroxylation sites is 1. The van der Waals surface area contributed by atoms with Crippen LogP contribution in [0.1, 0.15) is 34.2 Å². The van der Waals surface area contributed by atoms with E-state index in [0.717, 1.165) is 5.56 Å². The molecule has 1 fully saturated rings. The zero-order chi connectivity index (χ0) is 24.3. The minimum Gasteiger partial charge on any atom is -0.493 e. The molecular weight excluding hydrogens is 452 g/mol. The molecule has 1 aliphatic heterocycles. The number of aryl methyl sites for hydroxylation is 1. The summed E-state index contributed by atoms with van der Waals surface area (Å²) in [5.74, 6) is 0.395. The van der Waals surface area contributed by atoms with Gasteiger partial charge in [-0.1, -0.05) is 42.5 Å². The zero-order valence-corrected chi connectivity index (χ0v) is 20.6. The van der Waals surface area contributed by atoms with E-state index in [2.05, 4.69) is 5.10 Å². The van der Waals surface area contributed by atoms with Gasteiger partial charge in [0, 0.05) is 26.2 Å². The maximum atomic E-state index is 13.5. The predicted octanol–water partition coefficient (Wildman–Crippen LogP) is 3.09. The molecule has 2 aromatic carbocycles. The Morgan fingerprint density at radius 2 is 1.62 bits per heavy atom. The van der Waals surface area contributed by atoms with Crippen molar-refractivity contribution in [1.29, 1.82) is 0 Å². The molecule has 4 rings (SSSR count). The van der Waals surface area contributed by atoms with Crippen molar-refractivity contribution in [3.8, 4) is 5.75 Å². The van der Waals surface area contributed by atoms with Crippen molar-refractivity contribution < 1.29 is 17.9 Å². The number of carbonyl (C=O) groups is 1. The lowest BCUT2D eigenvalue weighted by molar-refractivity contribution is 0.0693. The smallest absolute Gasteiger partial charge is 0.257 e. The largest absolute Gasteiger partial charge is 0.493 e. The number of aromatic nitrogens is 2. The molecule has 0 atom stereocenters. The van der Waals surface area contributed by atoms with Gasteiger partial charge in [-0.25, -0.2) is 8.42 Å². The third-order valence-electron chi connectivity index (χ3n) is 6.03. The number of rotatable bonds is 7. The highest BCUT2D eigenvalue weighted by molar-refractivity contribution is 7.89. The van der Waals surface area contributed by atoms with Crippen LogP contribution < -0.4 is 4.74 Å². The van der Waals surface area contributed by atoms with Gasteiger partial charge < -0.3 is 9.64 Å². The molecule has 1 amide bonds. The molecule has 0 unspecified atom stereocenters. The number of hydrogen-bond acceptors (Lipinski definition) is 5. The average Bonchev–Trinajstić information content (AvgIpc) is 3.13. The Hall–Kier alpha value is -3.17. The van der Waals surface area contributed by atoms with Crippen molar-refractivity contribution >= 4 is 15.9 Å². The third-order valence-corrected chi connectivity index (χ3v) is 8.18. The van der Waals surface area contributed by atoms with E-state index in [9.17, 15) is 13.2 Å². The molecule has 0 spiro atoms. The fourth-order valence-electron chi connectivity index (χ4n) is 4.32. The Kier molecular flexibility index (Phi) is 7.04. The monoisotopic (exact) mass is 482 g/mol. The highest BCUT2D eigenvalue weighted by atomic mass is 32.2. The van der Waals surface area contributed by atoms with Crippen LogP contribution in [0.15, 0.2) is 59.5 Å². The molecule has 3 aromatic rings. The van der Waals surface area contributed by atoms with E-state index in [4.69, 9.17) is 4.74 Å². The Morgan fingerprint density at radius 1 is 0.971 bits per heavy atom. The summed E-state index contributed by atoms with van der Waals surface area (Å²) in [7, 11) is -3.74. The van der Waals surface area contributed by atoms with Gasteiger partial charge in [0.1, 0.15) is 10.6 Å². The Bertz CT molecular complexity index is 1260. The fourth-order valence-corrected chi connectivity index (χ4v) is 6.11. The van der Waals surface area contributed by atoms with Crippen LogP contribution in [-0.4, -0.2) is 66.1 Å². The molecule has 0 bridgehead atoms. The van der Waals surface area contributed by atoms with Crippen LogP contribution >= 0.6 is 0 Å². The third kappa shape index (κ3) is 4.71. The van der Waals surface area contributed by atoms with Gasteiger partial charge >= 0.3 is 0 Å². The van der Waals surface area contributed by atoms with Crippen molar-refractivity contribution in [3.63, 3.8) is 0 Å². The second-order valence-electron chi connectivity index (χ2n) is 8.27. The number of sulfonamides is 1. The van der Waals surface area contributed by atoms with Gasteiger partial charge in [0.2, 0.25) is 10.0 Å². The summed E-state index contributed by atoms with van der Waals surface area (Å²) >= 11 is 0. The van der Waals surface area contributed by atoms with Gasteiger partial charge in [0.25, 0.3) is 5.91 Å². The predicted molar refractivity (Wildman–Crippen MR) is 130 cm³/mol. The number of nitrogens with zero attached hydrogens (tertiary/aromatic N) is 4. The Balaban J connectivity index is 1.49. The average molecular weight is 483 g/mol. The summed E-state index contributed by atoms with van der Waals surface area (Å²) < 4.78 is 35.8. The number of hydrogen-bond donors (Lipinski definition) is 0. The lowest BCUT2D eigenvalue weighted by Crippen LogP contribution is -2.50. The SMILES string of the molecule is CCOc1ccccc1C(=O)N1CCN(S(=O)(=O)c2c(C)nn(Cc3ccccc3)c2C)CC1. The molecule has 2 heterocycles. The molecule has 0 N–H and O–H groups in total. The lowest BCUT2D eigenvalue weighted by atomic mass is 10.1. The molecular formula is C25H30N4O4S. The van der Waals surface area contributed by atoms with Crippen LogP contribution in [-0.2, 0) is 16.6 Å². The maximum Gasteiger partial charge on any atom is 0.257 e. The van der Waals surface area contributed by atoms with Crippen molar-refractivity contribution in [2.75, 3.05) is 32.8 Å². The van der Waals surface area contributed by atoms with Crippen LogP contribution in [0.4, 0.5) is 0 Å². The number of ether oxygens (including phenoxy) is 1. The van der Waals surface area contributed by atoms with Crippen molar-refractivity contribution in [1.82, 2.24) is 19.0 Å². The second-order valence-corrected chi connectivity index (χ2v) is 10.1. The molecule has 180 valence electrons. The first-order valence-corrected chi connectivity index (χ1v) is 12.9. The van der Waals surface area contributed by atoms with Crippen LogP contribution in [0.2, 0.25) is 0 Å². The molecule has 0 radical (unpaired) electrons. The molecule has 1 aliphatic rings. The van der Waals surface area contributed by atoms with E-state index in [-0.39, 0.29) is 23.9 Å². The highest BCUT2D eigenvalue weighted by Gasteiger charge is 2.34. The number of benzene rings is 2. The van der Waals surface area contributed by atoms with Gasteiger partial charge in [0.15, 0.2) is 0 Å². The van der Waals surface area contributed by atoms with E-state index in [1.165, 1.54) is 4.31 Å². The van der Waals surface area contributed by atoms with Crippen molar-refractivity contribution in [2.24, 2.45) is 0 Å². The number of piperazine rings is 1. The van der Waals surface area contributed by atoms with E-state index in [0.29, 0.717) is 48.9 Å².